The van der Waals surface area contributed by atoms with Gasteiger partial charge in [0.25, 0.3) is 0 Å². The standard InChI is InChI=1S/C14H27N3O3/c1-10(8-15-13(19)20-14(2,3)4)16-11-6-7-12(18)17(5)9-11/h10-11,16H,6-9H2,1-5H3,(H,15,19). The highest BCUT2D eigenvalue weighted by Crippen LogP contribution is 2.10. The Balaban J connectivity index is 2.25. The summed E-state index contributed by atoms with van der Waals surface area (Å²) in [5.74, 6) is 0.197. The van der Waals surface area contributed by atoms with Gasteiger partial charge in [0.2, 0.25) is 5.91 Å². The third-order valence-electron chi connectivity index (χ3n) is 3.10. The molecule has 1 heterocycles. The van der Waals surface area contributed by atoms with Gasteiger partial charge in [-0.15, -0.1) is 0 Å². The molecule has 0 aromatic heterocycles. The minimum absolute atomic E-state index is 0.133. The van der Waals surface area contributed by atoms with Gasteiger partial charge < -0.3 is 20.3 Å². The Bertz CT molecular complexity index is 352. The SMILES string of the molecule is CC(CNC(=O)OC(C)(C)C)NC1CCC(=O)N(C)C1. The van der Waals surface area contributed by atoms with E-state index in [-0.39, 0.29) is 18.0 Å². The highest BCUT2D eigenvalue weighted by molar-refractivity contribution is 5.76. The molecule has 1 aliphatic heterocycles. The maximum atomic E-state index is 11.5. The molecule has 0 saturated carbocycles. The number of nitrogens with zero attached hydrogens (tertiary/aromatic N) is 1. The fourth-order valence-electron chi connectivity index (χ4n) is 2.16. The smallest absolute Gasteiger partial charge is 0.407 e. The summed E-state index contributed by atoms with van der Waals surface area (Å²) in [5, 5.41) is 6.17. The Kier molecular flexibility index (Phi) is 5.80. The average Bonchev–Trinajstić information content (AvgIpc) is 2.29. The van der Waals surface area contributed by atoms with Crippen LogP contribution in [0.25, 0.3) is 0 Å². The molecule has 1 fully saturated rings. The van der Waals surface area contributed by atoms with Gasteiger partial charge in [-0.05, 0) is 34.1 Å². The van der Waals surface area contributed by atoms with Gasteiger partial charge in [-0.1, -0.05) is 0 Å². The quantitative estimate of drug-likeness (QED) is 0.812. The summed E-state index contributed by atoms with van der Waals surface area (Å²) in [6, 6.07) is 0.419. The molecular formula is C14H27N3O3. The van der Waals surface area contributed by atoms with E-state index < -0.39 is 11.7 Å². The van der Waals surface area contributed by atoms with Crippen molar-refractivity contribution < 1.29 is 14.3 Å². The number of carbonyl (C=O) groups is 2. The molecule has 0 aliphatic carbocycles. The summed E-state index contributed by atoms with van der Waals surface area (Å²) in [4.78, 5) is 24.7. The van der Waals surface area contributed by atoms with Crippen molar-refractivity contribution >= 4 is 12.0 Å². The Morgan fingerprint density at radius 2 is 2.15 bits per heavy atom. The second kappa shape index (κ2) is 6.92. The highest BCUT2D eigenvalue weighted by Gasteiger charge is 2.24. The molecular weight excluding hydrogens is 258 g/mol. The van der Waals surface area contributed by atoms with Gasteiger partial charge in [-0.25, -0.2) is 4.79 Å². The topological polar surface area (TPSA) is 70.7 Å². The van der Waals surface area contributed by atoms with Crippen LogP contribution in [0.1, 0.15) is 40.5 Å². The zero-order valence-electron chi connectivity index (χ0n) is 13.2. The van der Waals surface area contributed by atoms with Crippen LogP contribution in [-0.2, 0) is 9.53 Å². The second-order valence-electron chi connectivity index (χ2n) is 6.46. The Morgan fingerprint density at radius 3 is 2.70 bits per heavy atom. The number of likely N-dealkylation sites (tertiary alicyclic amines) is 1. The van der Waals surface area contributed by atoms with Crippen molar-refractivity contribution in [3.8, 4) is 0 Å². The minimum Gasteiger partial charge on any atom is -0.444 e. The summed E-state index contributed by atoms with van der Waals surface area (Å²) in [6.07, 6.45) is 1.03. The van der Waals surface area contributed by atoms with E-state index in [0.29, 0.717) is 13.0 Å². The maximum absolute atomic E-state index is 11.5. The summed E-state index contributed by atoms with van der Waals surface area (Å²) in [7, 11) is 1.82. The summed E-state index contributed by atoms with van der Waals surface area (Å²) in [6.45, 7) is 8.74. The number of nitrogens with one attached hydrogen (secondary N) is 2. The maximum Gasteiger partial charge on any atom is 0.407 e. The first-order valence-corrected chi connectivity index (χ1v) is 7.14. The van der Waals surface area contributed by atoms with Crippen LogP contribution in [0.15, 0.2) is 0 Å². The van der Waals surface area contributed by atoms with Gasteiger partial charge in [-0.3, -0.25) is 4.79 Å². The predicted molar refractivity (Wildman–Crippen MR) is 77.5 cm³/mol. The molecule has 6 heteroatoms. The summed E-state index contributed by atoms with van der Waals surface area (Å²) >= 11 is 0. The second-order valence-corrected chi connectivity index (χ2v) is 6.46. The van der Waals surface area contributed by atoms with E-state index in [9.17, 15) is 9.59 Å². The van der Waals surface area contributed by atoms with Gasteiger partial charge in [0.1, 0.15) is 5.60 Å². The summed E-state index contributed by atoms with van der Waals surface area (Å²) < 4.78 is 5.18. The number of rotatable bonds is 4. The Morgan fingerprint density at radius 1 is 1.50 bits per heavy atom. The molecule has 0 spiro atoms. The Labute approximate surface area is 121 Å². The zero-order chi connectivity index (χ0) is 15.3. The van der Waals surface area contributed by atoms with Crippen molar-refractivity contribution in [3.63, 3.8) is 0 Å². The highest BCUT2D eigenvalue weighted by atomic mass is 16.6. The fraction of sp³-hybridized carbons (Fsp3) is 0.857. The van der Waals surface area contributed by atoms with Gasteiger partial charge in [-0.2, -0.15) is 0 Å². The van der Waals surface area contributed by atoms with E-state index in [0.717, 1.165) is 13.0 Å². The molecule has 2 amide bonds. The van der Waals surface area contributed by atoms with Crippen LogP contribution in [0.5, 0.6) is 0 Å². The molecule has 0 bridgehead atoms. The van der Waals surface area contributed by atoms with Crippen LogP contribution in [0.3, 0.4) is 0 Å². The lowest BCUT2D eigenvalue weighted by Gasteiger charge is -2.32. The number of alkyl carbamates (subject to hydrolysis) is 1. The molecule has 116 valence electrons. The van der Waals surface area contributed by atoms with E-state index in [2.05, 4.69) is 10.6 Å². The van der Waals surface area contributed by atoms with E-state index >= 15 is 0 Å². The average molecular weight is 285 g/mol. The molecule has 2 N–H and O–H groups in total. The van der Waals surface area contributed by atoms with Gasteiger partial charge in [0.15, 0.2) is 0 Å². The van der Waals surface area contributed by atoms with Crippen molar-refractivity contribution in [2.24, 2.45) is 0 Å². The molecule has 6 nitrogen and oxygen atoms in total. The molecule has 2 atom stereocenters. The monoisotopic (exact) mass is 285 g/mol. The zero-order valence-corrected chi connectivity index (χ0v) is 13.2. The fourth-order valence-corrected chi connectivity index (χ4v) is 2.16. The number of hydrogen-bond acceptors (Lipinski definition) is 4. The van der Waals surface area contributed by atoms with E-state index in [4.69, 9.17) is 4.74 Å². The third-order valence-corrected chi connectivity index (χ3v) is 3.10. The van der Waals surface area contributed by atoms with Crippen molar-refractivity contribution in [1.82, 2.24) is 15.5 Å². The number of likely N-dealkylation sites (N-methyl/N-ethyl adjacent to an activating group) is 1. The van der Waals surface area contributed by atoms with Gasteiger partial charge in [0, 0.05) is 38.6 Å². The van der Waals surface area contributed by atoms with Crippen molar-refractivity contribution in [1.29, 1.82) is 0 Å². The number of hydrogen-bond donors (Lipinski definition) is 2. The molecule has 1 rings (SSSR count). The van der Waals surface area contributed by atoms with Crippen LogP contribution in [0, 0.1) is 0 Å². The van der Waals surface area contributed by atoms with Crippen LogP contribution in [0.2, 0.25) is 0 Å². The first kappa shape index (κ1) is 16.8. The molecule has 0 radical (unpaired) electrons. The molecule has 1 saturated heterocycles. The van der Waals surface area contributed by atoms with E-state index in [1.54, 1.807) is 4.90 Å². The molecule has 1 aliphatic rings. The van der Waals surface area contributed by atoms with E-state index in [1.807, 2.05) is 34.7 Å². The molecule has 20 heavy (non-hydrogen) atoms. The normalized spacial score (nSPS) is 21.6. The molecule has 2 unspecified atom stereocenters. The Hall–Kier alpha value is -1.30. The van der Waals surface area contributed by atoms with Crippen LogP contribution < -0.4 is 10.6 Å². The van der Waals surface area contributed by atoms with Crippen molar-refractivity contribution in [3.05, 3.63) is 0 Å². The number of ether oxygens (including phenoxy) is 1. The predicted octanol–water partition coefficient (Wildman–Crippen LogP) is 1.11. The lowest BCUT2D eigenvalue weighted by molar-refractivity contribution is -0.132. The third kappa shape index (κ3) is 6.23. The molecule has 0 aromatic rings. The lowest BCUT2D eigenvalue weighted by Crippen LogP contribution is -2.51. The van der Waals surface area contributed by atoms with Gasteiger partial charge in [0.05, 0.1) is 0 Å². The lowest BCUT2D eigenvalue weighted by atomic mass is 10.0. The number of piperidine rings is 1. The summed E-state index contributed by atoms with van der Waals surface area (Å²) in [5.41, 5.74) is -0.479. The van der Waals surface area contributed by atoms with Crippen LogP contribution >= 0.6 is 0 Å². The van der Waals surface area contributed by atoms with Crippen LogP contribution in [-0.4, -0.2) is 54.7 Å². The first-order chi connectivity index (χ1) is 9.17. The number of amides is 2. The van der Waals surface area contributed by atoms with E-state index in [1.165, 1.54) is 0 Å². The van der Waals surface area contributed by atoms with Crippen molar-refractivity contribution in [2.75, 3.05) is 20.1 Å². The molecule has 0 aromatic carbocycles. The minimum atomic E-state index is -0.479. The largest absolute Gasteiger partial charge is 0.444 e. The van der Waals surface area contributed by atoms with Crippen LogP contribution in [0.4, 0.5) is 4.79 Å². The van der Waals surface area contributed by atoms with Crippen molar-refractivity contribution in [2.45, 2.75) is 58.2 Å². The van der Waals surface area contributed by atoms with Gasteiger partial charge >= 0.3 is 6.09 Å². The number of carbonyl (C=O) groups excluding carboxylic acids is 2. The first-order valence-electron chi connectivity index (χ1n) is 7.14.